The van der Waals surface area contributed by atoms with Crippen LogP contribution in [-0.2, 0) is 11.8 Å². The predicted molar refractivity (Wildman–Crippen MR) is 129 cm³/mol. The number of benzene rings is 1. The van der Waals surface area contributed by atoms with Gasteiger partial charge in [0.2, 0.25) is 0 Å². The maximum absolute atomic E-state index is 12.6. The standard InChI is InChI=1S/C26H37N3O2S/c1-19-3-6-23(30)15-24(19)25-8-12-28(11-7-22-17-32-18-27-22)13-10-26(25,31)20(2)29(14-9-25)16-21-4-5-21/h3,6,15,17-18,20-21,30-31H,4-5,7-14,16H2,1-2H3. The van der Waals surface area contributed by atoms with Gasteiger partial charge >= 0.3 is 0 Å². The number of aryl methyl sites for hydroxylation is 1. The normalized spacial score (nSPS) is 31.9. The van der Waals surface area contributed by atoms with Gasteiger partial charge in [0.1, 0.15) is 5.75 Å². The van der Waals surface area contributed by atoms with Crippen molar-refractivity contribution in [2.45, 2.75) is 69.4 Å². The van der Waals surface area contributed by atoms with E-state index in [0.29, 0.717) is 5.75 Å². The second-order valence-electron chi connectivity index (χ2n) is 10.4. The SMILES string of the molecule is Cc1ccc(O)cc1C12CCN(CCc3cscn3)CCC1(O)C(C)N(CC1CC1)CC2. The van der Waals surface area contributed by atoms with Gasteiger partial charge in [-0.2, -0.15) is 0 Å². The fourth-order valence-electron chi connectivity index (χ4n) is 6.39. The highest BCUT2D eigenvalue weighted by Crippen LogP contribution is 2.53. The average Bonchev–Trinajstić information content (AvgIpc) is 3.48. The Labute approximate surface area is 196 Å². The number of aromatic nitrogens is 1. The summed E-state index contributed by atoms with van der Waals surface area (Å²) in [6.07, 6.45) is 6.27. The van der Waals surface area contributed by atoms with Gasteiger partial charge in [0, 0.05) is 42.9 Å². The number of aromatic hydroxyl groups is 1. The van der Waals surface area contributed by atoms with E-state index in [1.54, 1.807) is 17.4 Å². The molecule has 3 heterocycles. The fraction of sp³-hybridized carbons (Fsp3) is 0.654. The molecule has 5 rings (SSSR count). The Kier molecular flexibility index (Phi) is 6.08. The van der Waals surface area contributed by atoms with Crippen LogP contribution in [0, 0.1) is 12.8 Å². The zero-order valence-corrected chi connectivity index (χ0v) is 20.3. The zero-order valence-electron chi connectivity index (χ0n) is 19.5. The largest absolute Gasteiger partial charge is 0.508 e. The van der Waals surface area contributed by atoms with E-state index in [1.807, 2.05) is 17.6 Å². The maximum Gasteiger partial charge on any atom is 0.115 e. The second-order valence-corrected chi connectivity index (χ2v) is 11.2. The average molecular weight is 456 g/mol. The predicted octanol–water partition coefficient (Wildman–Crippen LogP) is 3.97. The Balaban J connectivity index is 1.46. The van der Waals surface area contributed by atoms with Crippen LogP contribution < -0.4 is 0 Å². The number of thiazole rings is 1. The van der Waals surface area contributed by atoms with Gasteiger partial charge in [-0.05, 0) is 88.2 Å². The Hall–Kier alpha value is -1.47. The van der Waals surface area contributed by atoms with Crippen LogP contribution in [0.4, 0.5) is 0 Å². The van der Waals surface area contributed by atoms with Crippen LogP contribution in [0.2, 0.25) is 0 Å². The molecule has 2 aromatic rings. The minimum Gasteiger partial charge on any atom is -0.508 e. The lowest BCUT2D eigenvalue weighted by molar-refractivity contribution is -0.136. The Morgan fingerprint density at radius 1 is 1.16 bits per heavy atom. The van der Waals surface area contributed by atoms with Crippen molar-refractivity contribution in [1.82, 2.24) is 14.8 Å². The minimum atomic E-state index is -0.811. The highest BCUT2D eigenvalue weighted by Gasteiger charge is 2.59. The van der Waals surface area contributed by atoms with Crippen molar-refractivity contribution in [1.29, 1.82) is 0 Å². The van der Waals surface area contributed by atoms with E-state index in [2.05, 4.69) is 34.0 Å². The van der Waals surface area contributed by atoms with Gasteiger partial charge in [-0.1, -0.05) is 6.07 Å². The summed E-state index contributed by atoms with van der Waals surface area (Å²) >= 11 is 1.66. The molecule has 3 atom stereocenters. The number of piperidine rings is 1. The Morgan fingerprint density at radius 2 is 1.94 bits per heavy atom. The van der Waals surface area contributed by atoms with Gasteiger partial charge in [-0.3, -0.25) is 4.90 Å². The van der Waals surface area contributed by atoms with Gasteiger partial charge in [0.25, 0.3) is 0 Å². The number of phenols is 1. The van der Waals surface area contributed by atoms with E-state index in [9.17, 15) is 10.2 Å². The molecule has 1 aromatic heterocycles. The quantitative estimate of drug-likeness (QED) is 0.690. The van der Waals surface area contributed by atoms with E-state index in [-0.39, 0.29) is 11.5 Å². The molecule has 2 N–H and O–H groups in total. The number of hydrogen-bond acceptors (Lipinski definition) is 6. The lowest BCUT2D eigenvalue weighted by Crippen LogP contribution is -2.68. The molecule has 1 saturated carbocycles. The fourth-order valence-corrected chi connectivity index (χ4v) is 6.99. The summed E-state index contributed by atoms with van der Waals surface area (Å²) in [6.45, 7) is 9.38. The molecule has 2 aliphatic heterocycles. The van der Waals surface area contributed by atoms with E-state index in [1.165, 1.54) is 18.4 Å². The molecule has 0 radical (unpaired) electrons. The summed E-state index contributed by atoms with van der Waals surface area (Å²) < 4.78 is 0. The van der Waals surface area contributed by atoms with Crippen LogP contribution in [0.3, 0.4) is 0 Å². The second kappa shape index (κ2) is 8.71. The molecular weight excluding hydrogens is 418 g/mol. The number of fused-ring (bicyclic) bond motifs is 1. The minimum absolute atomic E-state index is 0.108. The first-order chi connectivity index (χ1) is 15.4. The summed E-state index contributed by atoms with van der Waals surface area (Å²) in [5.41, 5.74) is 4.26. The molecule has 2 saturated heterocycles. The van der Waals surface area contributed by atoms with Crippen molar-refractivity contribution < 1.29 is 10.2 Å². The van der Waals surface area contributed by atoms with Crippen molar-refractivity contribution in [2.24, 2.45) is 5.92 Å². The van der Waals surface area contributed by atoms with Crippen LogP contribution in [0.5, 0.6) is 5.75 Å². The van der Waals surface area contributed by atoms with E-state index in [4.69, 9.17) is 0 Å². The lowest BCUT2D eigenvalue weighted by atomic mass is 9.57. The number of phenolic OH excluding ortho intramolecular Hbond substituents is 1. The first-order valence-electron chi connectivity index (χ1n) is 12.3. The van der Waals surface area contributed by atoms with Gasteiger partial charge in [0.05, 0.1) is 16.8 Å². The summed E-state index contributed by atoms with van der Waals surface area (Å²) in [4.78, 5) is 9.53. The number of nitrogens with zero attached hydrogens (tertiary/aromatic N) is 3. The smallest absolute Gasteiger partial charge is 0.115 e. The molecule has 6 heteroatoms. The molecule has 0 bridgehead atoms. The monoisotopic (exact) mass is 455 g/mol. The molecule has 3 fully saturated rings. The van der Waals surface area contributed by atoms with Crippen LogP contribution in [0.25, 0.3) is 0 Å². The third-order valence-corrected chi connectivity index (χ3v) is 9.29. The topological polar surface area (TPSA) is 59.8 Å². The molecule has 3 unspecified atom stereocenters. The van der Waals surface area contributed by atoms with Gasteiger partial charge in [-0.25, -0.2) is 4.98 Å². The lowest BCUT2D eigenvalue weighted by Gasteiger charge is -2.58. The van der Waals surface area contributed by atoms with Crippen molar-refractivity contribution in [3.63, 3.8) is 0 Å². The Morgan fingerprint density at radius 3 is 2.69 bits per heavy atom. The molecule has 1 aromatic carbocycles. The summed E-state index contributed by atoms with van der Waals surface area (Å²) in [6, 6.07) is 5.84. The molecular formula is C26H37N3O2S. The summed E-state index contributed by atoms with van der Waals surface area (Å²) in [5.74, 6) is 1.12. The van der Waals surface area contributed by atoms with Crippen LogP contribution in [0.15, 0.2) is 29.1 Å². The molecule has 0 spiro atoms. The third kappa shape index (κ3) is 4.00. The summed E-state index contributed by atoms with van der Waals surface area (Å²) in [5, 5.41) is 25.1. The molecule has 174 valence electrons. The Bertz CT molecular complexity index is 931. The number of hydrogen-bond donors (Lipinski definition) is 2. The van der Waals surface area contributed by atoms with E-state index >= 15 is 0 Å². The molecule has 0 amide bonds. The van der Waals surface area contributed by atoms with Crippen LogP contribution >= 0.6 is 11.3 Å². The van der Waals surface area contributed by atoms with Gasteiger partial charge in [-0.15, -0.1) is 11.3 Å². The number of aliphatic hydroxyl groups is 1. The third-order valence-electron chi connectivity index (χ3n) is 8.65. The van der Waals surface area contributed by atoms with E-state index in [0.717, 1.165) is 75.6 Å². The molecule has 3 aliphatic rings. The molecule has 1 aliphatic carbocycles. The highest BCUT2D eigenvalue weighted by atomic mass is 32.1. The maximum atomic E-state index is 12.6. The van der Waals surface area contributed by atoms with Crippen molar-refractivity contribution in [3.8, 4) is 5.75 Å². The first-order valence-corrected chi connectivity index (χ1v) is 13.2. The zero-order chi connectivity index (χ0) is 22.3. The van der Waals surface area contributed by atoms with Gasteiger partial charge in [0.15, 0.2) is 0 Å². The van der Waals surface area contributed by atoms with Gasteiger partial charge < -0.3 is 15.1 Å². The first kappa shape index (κ1) is 22.3. The highest BCUT2D eigenvalue weighted by molar-refractivity contribution is 7.07. The number of likely N-dealkylation sites (tertiary alicyclic amines) is 2. The van der Waals surface area contributed by atoms with E-state index < -0.39 is 5.60 Å². The summed E-state index contributed by atoms with van der Waals surface area (Å²) in [7, 11) is 0. The molecule has 5 nitrogen and oxygen atoms in total. The molecule has 32 heavy (non-hydrogen) atoms. The van der Waals surface area contributed by atoms with Crippen LogP contribution in [-0.4, -0.2) is 69.4 Å². The number of rotatable bonds is 6. The van der Waals surface area contributed by atoms with Crippen molar-refractivity contribution in [3.05, 3.63) is 45.9 Å². The van der Waals surface area contributed by atoms with Crippen molar-refractivity contribution >= 4 is 11.3 Å². The van der Waals surface area contributed by atoms with Crippen LogP contribution in [0.1, 0.15) is 55.8 Å². The van der Waals surface area contributed by atoms with Crippen molar-refractivity contribution in [2.75, 3.05) is 32.7 Å².